The zero-order valence-corrected chi connectivity index (χ0v) is 29.5. The second-order valence-electron chi connectivity index (χ2n) is 13.9. The molecule has 0 bridgehead atoms. The average Bonchev–Trinajstić information content (AvgIpc) is 2.94. The summed E-state index contributed by atoms with van der Waals surface area (Å²) in [4.78, 5) is 66.5. The third-order valence-electron chi connectivity index (χ3n) is 5.99. The summed E-state index contributed by atoms with van der Waals surface area (Å²) in [5.41, 5.74) is -2.02. The molecule has 1 aromatic heterocycles. The number of carbonyl (C=O) groups excluding carboxylic acids is 4. The van der Waals surface area contributed by atoms with Crippen LogP contribution in [0, 0.1) is 0 Å². The summed E-state index contributed by atoms with van der Waals surface area (Å²) < 4.78 is 22.3. The third kappa shape index (κ3) is 10.7. The van der Waals surface area contributed by atoms with Gasteiger partial charge in [-0.25, -0.2) is 24.3 Å². The molecule has 0 spiro atoms. The highest BCUT2D eigenvalue weighted by molar-refractivity contribution is 6.08. The van der Waals surface area contributed by atoms with E-state index in [0.29, 0.717) is 21.9 Å². The van der Waals surface area contributed by atoms with Crippen molar-refractivity contribution in [3.63, 3.8) is 0 Å². The van der Waals surface area contributed by atoms with Crippen LogP contribution in [0.5, 0.6) is 5.75 Å². The van der Waals surface area contributed by atoms with E-state index in [0.717, 1.165) is 4.90 Å². The standard InChI is InChI=1S/C35H45N5O8/c1-33(2,3)46-30(42)39(25-18-15-19-26(21-25)45-11)27-20-24(22-38(10)28(41)23-16-13-12-14-17-23)36-29(37-27)40(31(43)47-34(4,5)6)32(44)48-35(7,8)9/h12-21H,22H2,1-11H3. The maximum atomic E-state index is 13.9. The number of amides is 4. The predicted octanol–water partition coefficient (Wildman–Crippen LogP) is 7.51. The van der Waals surface area contributed by atoms with Gasteiger partial charge in [0.05, 0.1) is 25.0 Å². The van der Waals surface area contributed by atoms with Crippen LogP contribution in [0.2, 0.25) is 0 Å². The number of hydrogen-bond donors (Lipinski definition) is 0. The van der Waals surface area contributed by atoms with Gasteiger partial charge < -0.3 is 23.8 Å². The lowest BCUT2D eigenvalue weighted by Crippen LogP contribution is -2.45. The first kappa shape index (κ1) is 37.3. The fourth-order valence-corrected chi connectivity index (χ4v) is 4.12. The van der Waals surface area contributed by atoms with Crippen molar-refractivity contribution in [1.82, 2.24) is 14.9 Å². The van der Waals surface area contributed by atoms with Gasteiger partial charge in [0.25, 0.3) is 5.91 Å². The second-order valence-corrected chi connectivity index (χ2v) is 13.9. The average molecular weight is 664 g/mol. The highest BCUT2D eigenvalue weighted by Crippen LogP contribution is 2.32. The minimum absolute atomic E-state index is 0.0739. The lowest BCUT2D eigenvalue weighted by molar-refractivity contribution is 0.0425. The van der Waals surface area contributed by atoms with E-state index in [2.05, 4.69) is 9.97 Å². The van der Waals surface area contributed by atoms with E-state index < -0.39 is 41.0 Å². The van der Waals surface area contributed by atoms with Crippen molar-refractivity contribution in [2.75, 3.05) is 24.0 Å². The summed E-state index contributed by atoms with van der Waals surface area (Å²) in [6.07, 6.45) is -3.04. The maximum absolute atomic E-state index is 13.9. The third-order valence-corrected chi connectivity index (χ3v) is 5.99. The van der Waals surface area contributed by atoms with Crippen LogP contribution in [0.4, 0.5) is 31.8 Å². The molecule has 0 aliphatic heterocycles. The van der Waals surface area contributed by atoms with Crippen LogP contribution in [0.15, 0.2) is 60.7 Å². The SMILES string of the molecule is COc1cccc(N(C(=O)OC(C)(C)C)c2cc(CN(C)C(=O)c3ccccc3)nc(N(C(=O)OC(C)(C)C)C(=O)OC(C)(C)C)n2)c1. The van der Waals surface area contributed by atoms with Gasteiger partial charge in [-0.15, -0.1) is 4.90 Å². The van der Waals surface area contributed by atoms with Crippen molar-refractivity contribution in [1.29, 1.82) is 0 Å². The molecule has 0 aliphatic carbocycles. The van der Waals surface area contributed by atoms with Gasteiger partial charge in [0.2, 0.25) is 5.95 Å². The van der Waals surface area contributed by atoms with Gasteiger partial charge in [0, 0.05) is 24.7 Å². The molecule has 0 saturated heterocycles. The van der Waals surface area contributed by atoms with Crippen LogP contribution >= 0.6 is 0 Å². The molecule has 0 saturated carbocycles. The minimum Gasteiger partial charge on any atom is -0.497 e. The molecule has 0 N–H and O–H groups in total. The topological polar surface area (TPSA) is 141 Å². The van der Waals surface area contributed by atoms with Crippen molar-refractivity contribution in [2.24, 2.45) is 0 Å². The first-order chi connectivity index (χ1) is 22.2. The number of anilines is 3. The minimum atomic E-state index is -1.11. The molecule has 48 heavy (non-hydrogen) atoms. The fraction of sp³-hybridized carbons (Fsp3) is 0.429. The van der Waals surface area contributed by atoms with Crippen LogP contribution in [-0.4, -0.2) is 70.0 Å². The molecule has 0 radical (unpaired) electrons. The van der Waals surface area contributed by atoms with Crippen molar-refractivity contribution in [3.05, 3.63) is 71.9 Å². The first-order valence-electron chi connectivity index (χ1n) is 15.3. The number of carbonyl (C=O) groups is 4. The fourth-order valence-electron chi connectivity index (χ4n) is 4.12. The Kier molecular flexibility index (Phi) is 11.4. The van der Waals surface area contributed by atoms with E-state index in [1.54, 1.807) is 124 Å². The van der Waals surface area contributed by atoms with Crippen LogP contribution in [0.3, 0.4) is 0 Å². The monoisotopic (exact) mass is 663 g/mol. The number of imide groups is 1. The van der Waals surface area contributed by atoms with Crippen molar-refractivity contribution >= 4 is 41.6 Å². The Morgan fingerprint density at radius 1 is 0.688 bits per heavy atom. The number of hydrogen-bond acceptors (Lipinski definition) is 10. The Bertz CT molecular complexity index is 1600. The lowest BCUT2D eigenvalue weighted by atomic mass is 10.2. The molecule has 0 aliphatic rings. The van der Waals surface area contributed by atoms with E-state index in [1.807, 2.05) is 0 Å². The van der Waals surface area contributed by atoms with Gasteiger partial charge in [-0.05, 0) is 86.6 Å². The largest absolute Gasteiger partial charge is 0.497 e. The summed E-state index contributed by atoms with van der Waals surface area (Å²) >= 11 is 0. The molecule has 2 aromatic carbocycles. The van der Waals surface area contributed by atoms with E-state index >= 15 is 0 Å². The van der Waals surface area contributed by atoms with Crippen molar-refractivity contribution in [3.8, 4) is 5.75 Å². The molecule has 4 amide bonds. The van der Waals surface area contributed by atoms with Crippen LogP contribution < -0.4 is 14.5 Å². The first-order valence-corrected chi connectivity index (χ1v) is 15.3. The van der Waals surface area contributed by atoms with Gasteiger partial charge in [0.15, 0.2) is 0 Å². The normalized spacial score (nSPS) is 11.6. The maximum Gasteiger partial charge on any atom is 0.427 e. The summed E-state index contributed by atoms with van der Waals surface area (Å²) in [6, 6.07) is 16.7. The summed E-state index contributed by atoms with van der Waals surface area (Å²) in [5, 5.41) is 0. The molecule has 1 heterocycles. The van der Waals surface area contributed by atoms with Gasteiger partial charge in [-0.3, -0.25) is 4.79 Å². The summed E-state index contributed by atoms with van der Waals surface area (Å²) in [5.74, 6) is -0.406. The Balaban J connectivity index is 2.30. The Morgan fingerprint density at radius 2 is 1.23 bits per heavy atom. The highest BCUT2D eigenvalue weighted by atomic mass is 16.6. The Morgan fingerprint density at radius 3 is 1.75 bits per heavy atom. The molecule has 0 atom stereocenters. The van der Waals surface area contributed by atoms with E-state index in [9.17, 15) is 19.2 Å². The molecule has 258 valence electrons. The lowest BCUT2D eigenvalue weighted by Gasteiger charge is -2.30. The van der Waals surface area contributed by atoms with Crippen molar-refractivity contribution < 1.29 is 38.1 Å². The number of aromatic nitrogens is 2. The molecule has 3 rings (SSSR count). The number of nitrogens with zero attached hydrogens (tertiary/aromatic N) is 5. The van der Waals surface area contributed by atoms with E-state index in [1.165, 1.54) is 18.1 Å². The van der Waals surface area contributed by atoms with E-state index in [4.69, 9.17) is 18.9 Å². The Labute approximate surface area is 281 Å². The quantitative estimate of drug-likeness (QED) is 0.233. The van der Waals surface area contributed by atoms with Gasteiger partial charge >= 0.3 is 18.3 Å². The van der Waals surface area contributed by atoms with Crippen LogP contribution in [0.1, 0.15) is 78.4 Å². The second kappa shape index (κ2) is 14.7. The van der Waals surface area contributed by atoms with Crippen LogP contribution in [-0.2, 0) is 20.8 Å². The zero-order chi connectivity index (χ0) is 36.0. The Hall–Kier alpha value is -5.20. The highest BCUT2D eigenvalue weighted by Gasteiger charge is 2.36. The molecule has 13 heteroatoms. The van der Waals surface area contributed by atoms with Gasteiger partial charge in [-0.1, -0.05) is 24.3 Å². The van der Waals surface area contributed by atoms with Gasteiger partial charge in [0.1, 0.15) is 28.4 Å². The molecular formula is C35H45N5O8. The predicted molar refractivity (Wildman–Crippen MR) is 181 cm³/mol. The van der Waals surface area contributed by atoms with Crippen LogP contribution in [0.25, 0.3) is 0 Å². The number of benzene rings is 2. The van der Waals surface area contributed by atoms with E-state index in [-0.39, 0.29) is 24.0 Å². The molecule has 3 aromatic rings. The zero-order valence-electron chi connectivity index (χ0n) is 29.5. The number of rotatable bonds is 7. The molecular weight excluding hydrogens is 618 g/mol. The van der Waals surface area contributed by atoms with Gasteiger partial charge in [-0.2, -0.15) is 4.98 Å². The molecule has 0 fully saturated rings. The van der Waals surface area contributed by atoms with Crippen molar-refractivity contribution in [2.45, 2.75) is 85.7 Å². The molecule has 0 unspecified atom stereocenters. The molecule has 13 nitrogen and oxygen atoms in total. The number of methoxy groups -OCH3 is 1. The summed E-state index contributed by atoms with van der Waals surface area (Å²) in [7, 11) is 3.06. The number of ether oxygens (including phenoxy) is 4. The summed E-state index contributed by atoms with van der Waals surface area (Å²) in [6.45, 7) is 14.8. The smallest absolute Gasteiger partial charge is 0.427 e.